The molecule has 1 aliphatic rings. The first-order valence-corrected chi connectivity index (χ1v) is 9.28. The van der Waals surface area contributed by atoms with Crippen LogP contribution in [-0.4, -0.2) is 21.8 Å². The van der Waals surface area contributed by atoms with Gasteiger partial charge in [0.1, 0.15) is 5.76 Å². The zero-order valence-electron chi connectivity index (χ0n) is 14.5. The van der Waals surface area contributed by atoms with Crippen LogP contribution >= 0.6 is 11.3 Å². The van der Waals surface area contributed by atoms with Crippen molar-refractivity contribution in [3.63, 3.8) is 0 Å². The number of nitrogens with zero attached hydrogens (tertiary/aromatic N) is 2. The molecule has 1 amide bonds. The largest absolute Gasteiger partial charge is 0.507 e. The Labute approximate surface area is 160 Å². The molecule has 27 heavy (non-hydrogen) atoms. The van der Waals surface area contributed by atoms with Crippen molar-refractivity contribution in [2.75, 3.05) is 4.90 Å². The van der Waals surface area contributed by atoms with Crippen molar-refractivity contribution < 1.29 is 14.7 Å². The SMILES string of the molecule is Cc1ccc([C@H]2/C(=C(\O)c3ccccc3)C(=O)C(=O)N2c2nccs2)cc1. The van der Waals surface area contributed by atoms with E-state index >= 15 is 0 Å². The number of thiazole rings is 1. The maximum Gasteiger partial charge on any atom is 0.301 e. The highest BCUT2D eigenvalue weighted by Gasteiger charge is 2.47. The number of carbonyl (C=O) groups is 2. The molecule has 0 spiro atoms. The van der Waals surface area contributed by atoms with Gasteiger partial charge in [0.25, 0.3) is 5.78 Å². The summed E-state index contributed by atoms with van der Waals surface area (Å²) in [6.45, 7) is 1.96. The van der Waals surface area contributed by atoms with E-state index in [-0.39, 0.29) is 11.3 Å². The van der Waals surface area contributed by atoms with Crippen LogP contribution in [0.1, 0.15) is 22.7 Å². The summed E-state index contributed by atoms with van der Waals surface area (Å²) in [6.07, 6.45) is 1.59. The van der Waals surface area contributed by atoms with Crippen molar-refractivity contribution in [3.8, 4) is 0 Å². The predicted octanol–water partition coefficient (Wildman–Crippen LogP) is 4.08. The van der Waals surface area contributed by atoms with Crippen LogP contribution in [0.15, 0.2) is 71.7 Å². The molecule has 5 nitrogen and oxygen atoms in total. The van der Waals surface area contributed by atoms with Crippen molar-refractivity contribution >= 4 is 33.9 Å². The highest BCUT2D eigenvalue weighted by Crippen LogP contribution is 2.42. The highest BCUT2D eigenvalue weighted by molar-refractivity contribution is 7.14. The van der Waals surface area contributed by atoms with E-state index in [1.54, 1.807) is 35.8 Å². The summed E-state index contributed by atoms with van der Waals surface area (Å²) in [7, 11) is 0. The van der Waals surface area contributed by atoms with Crippen molar-refractivity contribution in [1.29, 1.82) is 0 Å². The molecule has 0 aliphatic carbocycles. The number of hydrogen-bond acceptors (Lipinski definition) is 5. The first-order chi connectivity index (χ1) is 13.1. The van der Waals surface area contributed by atoms with Gasteiger partial charge in [-0.1, -0.05) is 60.2 Å². The number of aliphatic hydroxyl groups excluding tert-OH is 1. The van der Waals surface area contributed by atoms with Gasteiger partial charge in [-0.15, -0.1) is 11.3 Å². The number of carbonyl (C=O) groups excluding carboxylic acids is 2. The molecular weight excluding hydrogens is 360 g/mol. The Bertz CT molecular complexity index is 1030. The highest BCUT2D eigenvalue weighted by atomic mass is 32.1. The van der Waals surface area contributed by atoms with Crippen LogP contribution in [-0.2, 0) is 9.59 Å². The van der Waals surface area contributed by atoms with Crippen molar-refractivity contribution in [2.24, 2.45) is 0 Å². The number of Topliss-reactive ketones (excluding diaryl/α,β-unsaturated/α-hetero) is 1. The molecule has 0 saturated carbocycles. The normalized spacial score (nSPS) is 18.9. The molecule has 0 unspecified atom stereocenters. The standard InChI is InChI=1S/C21H16N2O3S/c1-13-7-9-14(10-8-13)17-16(18(24)15-5-3-2-4-6-15)19(25)20(26)23(17)21-22-11-12-27-21/h2-12,17,24H,1H3/b18-16+/t17-/m0/s1. The van der Waals surface area contributed by atoms with Crippen LogP contribution < -0.4 is 4.90 Å². The predicted molar refractivity (Wildman–Crippen MR) is 105 cm³/mol. The zero-order valence-corrected chi connectivity index (χ0v) is 15.3. The maximum atomic E-state index is 12.8. The van der Waals surface area contributed by atoms with Crippen molar-refractivity contribution in [3.05, 3.63) is 88.4 Å². The van der Waals surface area contributed by atoms with E-state index in [1.165, 1.54) is 16.2 Å². The Kier molecular flexibility index (Phi) is 4.33. The average Bonchev–Trinajstić information content (AvgIpc) is 3.30. The zero-order chi connectivity index (χ0) is 19.0. The van der Waals surface area contributed by atoms with Gasteiger partial charge < -0.3 is 5.11 Å². The molecule has 1 atom stereocenters. The van der Waals surface area contributed by atoms with Crippen LogP contribution in [0, 0.1) is 6.92 Å². The molecule has 0 bridgehead atoms. The Morgan fingerprint density at radius 3 is 2.41 bits per heavy atom. The molecule has 1 saturated heterocycles. The Hall–Kier alpha value is -3.25. The van der Waals surface area contributed by atoms with E-state index in [4.69, 9.17) is 0 Å². The number of hydrogen-bond donors (Lipinski definition) is 1. The van der Waals surface area contributed by atoms with Gasteiger partial charge >= 0.3 is 5.91 Å². The lowest BCUT2D eigenvalue weighted by Gasteiger charge is -2.23. The molecule has 134 valence electrons. The Morgan fingerprint density at radius 1 is 1.07 bits per heavy atom. The molecule has 2 aromatic carbocycles. The first-order valence-electron chi connectivity index (χ1n) is 8.40. The quantitative estimate of drug-likeness (QED) is 0.425. The molecule has 3 aromatic rings. The number of aromatic nitrogens is 1. The van der Waals surface area contributed by atoms with E-state index in [1.807, 2.05) is 37.3 Å². The summed E-state index contributed by atoms with van der Waals surface area (Å²) in [5, 5.41) is 13.0. The number of benzene rings is 2. The molecule has 0 radical (unpaired) electrons. The van der Waals surface area contributed by atoms with Crippen LogP contribution in [0.3, 0.4) is 0 Å². The number of aryl methyl sites for hydroxylation is 1. The third-order valence-electron chi connectivity index (χ3n) is 4.51. The lowest BCUT2D eigenvalue weighted by atomic mass is 9.95. The van der Waals surface area contributed by atoms with E-state index in [9.17, 15) is 14.7 Å². The molecular formula is C21H16N2O3S. The van der Waals surface area contributed by atoms with Crippen LogP contribution in [0.25, 0.3) is 5.76 Å². The second-order valence-corrected chi connectivity index (χ2v) is 7.13. The molecule has 6 heteroatoms. The summed E-state index contributed by atoms with van der Waals surface area (Å²) in [4.78, 5) is 31.2. The van der Waals surface area contributed by atoms with E-state index in [2.05, 4.69) is 4.98 Å². The van der Waals surface area contributed by atoms with Gasteiger partial charge in [-0.2, -0.15) is 0 Å². The van der Waals surface area contributed by atoms with E-state index in [0.717, 1.165) is 11.1 Å². The van der Waals surface area contributed by atoms with Crippen LogP contribution in [0.4, 0.5) is 5.13 Å². The maximum absolute atomic E-state index is 12.8. The van der Waals surface area contributed by atoms with Gasteiger partial charge in [0, 0.05) is 17.1 Å². The summed E-state index contributed by atoms with van der Waals surface area (Å²) < 4.78 is 0. The fraction of sp³-hybridized carbons (Fsp3) is 0.0952. The summed E-state index contributed by atoms with van der Waals surface area (Å²) in [6, 6.07) is 15.6. The fourth-order valence-corrected chi connectivity index (χ4v) is 3.85. The molecule has 1 aliphatic heterocycles. The van der Waals surface area contributed by atoms with Gasteiger partial charge in [0.05, 0.1) is 11.6 Å². The van der Waals surface area contributed by atoms with Crippen LogP contribution in [0.2, 0.25) is 0 Å². The number of rotatable bonds is 3. The Balaban J connectivity index is 1.94. The van der Waals surface area contributed by atoms with Gasteiger partial charge in [-0.3, -0.25) is 14.5 Å². The van der Waals surface area contributed by atoms with E-state index in [0.29, 0.717) is 10.7 Å². The minimum Gasteiger partial charge on any atom is -0.507 e. The molecule has 1 fully saturated rings. The molecule has 1 N–H and O–H groups in total. The van der Waals surface area contributed by atoms with Gasteiger partial charge in [-0.25, -0.2) is 4.98 Å². The second kappa shape index (κ2) is 6.81. The number of aliphatic hydroxyl groups is 1. The summed E-state index contributed by atoms with van der Waals surface area (Å²) >= 11 is 1.27. The van der Waals surface area contributed by atoms with Crippen LogP contribution in [0.5, 0.6) is 0 Å². The van der Waals surface area contributed by atoms with Gasteiger partial charge in [0.15, 0.2) is 5.13 Å². The molecule has 4 rings (SSSR count). The van der Waals surface area contributed by atoms with Crippen molar-refractivity contribution in [2.45, 2.75) is 13.0 Å². The number of anilines is 1. The third kappa shape index (κ3) is 2.94. The average molecular weight is 376 g/mol. The minimum absolute atomic E-state index is 0.0743. The Morgan fingerprint density at radius 2 is 1.78 bits per heavy atom. The van der Waals surface area contributed by atoms with Crippen molar-refractivity contribution in [1.82, 2.24) is 4.98 Å². The summed E-state index contributed by atoms with van der Waals surface area (Å²) in [5.74, 6) is -1.58. The first kappa shape index (κ1) is 17.2. The number of amides is 1. The fourth-order valence-electron chi connectivity index (χ4n) is 3.18. The summed E-state index contributed by atoms with van der Waals surface area (Å²) in [5.41, 5.74) is 2.37. The number of ketones is 1. The molecule has 1 aromatic heterocycles. The topological polar surface area (TPSA) is 70.5 Å². The van der Waals surface area contributed by atoms with Gasteiger partial charge in [-0.05, 0) is 12.5 Å². The van der Waals surface area contributed by atoms with E-state index < -0.39 is 17.7 Å². The minimum atomic E-state index is -0.725. The van der Waals surface area contributed by atoms with Gasteiger partial charge in [0.2, 0.25) is 0 Å². The molecule has 2 heterocycles. The monoisotopic (exact) mass is 376 g/mol. The third-order valence-corrected chi connectivity index (χ3v) is 5.28. The smallest absolute Gasteiger partial charge is 0.301 e. The lowest BCUT2D eigenvalue weighted by molar-refractivity contribution is -0.132. The second-order valence-electron chi connectivity index (χ2n) is 6.26. The lowest BCUT2D eigenvalue weighted by Crippen LogP contribution is -2.29.